The molecule has 0 heterocycles. The molecule has 1 aromatic rings. The zero-order valence-corrected chi connectivity index (χ0v) is 12.2. The normalized spacial score (nSPS) is 10.7. The van der Waals surface area contributed by atoms with Gasteiger partial charge in [0.2, 0.25) is 5.91 Å². The molecule has 0 radical (unpaired) electrons. The molecule has 0 spiro atoms. The number of benzene rings is 1. The van der Waals surface area contributed by atoms with Crippen LogP contribution in [0.25, 0.3) is 0 Å². The van der Waals surface area contributed by atoms with Crippen LogP contribution in [0.3, 0.4) is 0 Å². The van der Waals surface area contributed by atoms with Gasteiger partial charge in [0.1, 0.15) is 0 Å². The van der Waals surface area contributed by atoms with Crippen molar-refractivity contribution in [2.75, 3.05) is 31.2 Å². The second kappa shape index (κ2) is 7.79. The average molecular weight is 263 g/mol. The van der Waals surface area contributed by atoms with Crippen LogP contribution in [0.15, 0.2) is 18.2 Å². The van der Waals surface area contributed by atoms with Crippen molar-refractivity contribution in [1.82, 2.24) is 4.90 Å². The Balaban J connectivity index is 2.50. The van der Waals surface area contributed by atoms with E-state index >= 15 is 0 Å². The largest absolute Gasteiger partial charge is 0.398 e. The van der Waals surface area contributed by atoms with Crippen molar-refractivity contribution in [1.29, 1.82) is 0 Å². The Bertz CT molecular complexity index is 418. The molecule has 1 aromatic carbocycles. The Morgan fingerprint density at radius 1 is 1.37 bits per heavy atom. The molecule has 3 N–H and O–H groups in total. The van der Waals surface area contributed by atoms with Crippen molar-refractivity contribution >= 4 is 17.3 Å². The molecule has 1 amide bonds. The highest BCUT2D eigenvalue weighted by Gasteiger charge is 2.07. The predicted molar refractivity (Wildman–Crippen MR) is 81.3 cm³/mol. The van der Waals surface area contributed by atoms with Crippen molar-refractivity contribution < 1.29 is 4.79 Å². The summed E-state index contributed by atoms with van der Waals surface area (Å²) in [4.78, 5) is 13.9. The van der Waals surface area contributed by atoms with Crippen molar-refractivity contribution in [3.63, 3.8) is 0 Å². The van der Waals surface area contributed by atoms with Gasteiger partial charge in [0.05, 0.1) is 6.54 Å². The lowest BCUT2D eigenvalue weighted by molar-refractivity contribution is -0.117. The molecule has 0 bridgehead atoms. The number of rotatable bonds is 7. The maximum atomic E-state index is 11.9. The number of aryl methyl sites for hydroxylation is 1. The number of hydrogen-bond acceptors (Lipinski definition) is 3. The minimum atomic E-state index is 0.00208. The predicted octanol–water partition coefficient (Wildman–Crippen LogP) is 2.50. The molecule has 0 aliphatic carbocycles. The van der Waals surface area contributed by atoms with E-state index in [1.807, 2.05) is 30.1 Å². The van der Waals surface area contributed by atoms with Gasteiger partial charge in [-0.3, -0.25) is 9.69 Å². The summed E-state index contributed by atoms with van der Waals surface area (Å²) >= 11 is 0. The van der Waals surface area contributed by atoms with E-state index in [9.17, 15) is 4.79 Å². The Hall–Kier alpha value is -1.55. The number of carbonyl (C=O) groups excluding carboxylic acids is 1. The van der Waals surface area contributed by atoms with Gasteiger partial charge in [-0.05, 0) is 44.1 Å². The number of amides is 1. The number of nitrogen functional groups attached to an aromatic ring is 1. The van der Waals surface area contributed by atoms with E-state index in [4.69, 9.17) is 5.73 Å². The molecular weight excluding hydrogens is 238 g/mol. The number of nitrogens with zero attached hydrogens (tertiary/aromatic N) is 1. The van der Waals surface area contributed by atoms with E-state index in [0.29, 0.717) is 6.54 Å². The Labute approximate surface area is 116 Å². The highest BCUT2D eigenvalue weighted by Crippen LogP contribution is 2.18. The van der Waals surface area contributed by atoms with Gasteiger partial charge >= 0.3 is 0 Å². The minimum absolute atomic E-state index is 0.00208. The number of likely N-dealkylation sites (N-methyl/N-ethyl adjacent to an activating group) is 1. The highest BCUT2D eigenvalue weighted by molar-refractivity contribution is 5.92. The van der Waals surface area contributed by atoms with Crippen LogP contribution >= 0.6 is 0 Å². The van der Waals surface area contributed by atoms with Crippen LogP contribution in [0, 0.1) is 0 Å². The molecule has 0 saturated carbocycles. The van der Waals surface area contributed by atoms with Gasteiger partial charge in [-0.25, -0.2) is 0 Å². The smallest absolute Gasteiger partial charge is 0.238 e. The summed E-state index contributed by atoms with van der Waals surface area (Å²) in [5, 5.41) is 2.88. The molecule has 19 heavy (non-hydrogen) atoms. The first-order valence-electron chi connectivity index (χ1n) is 6.93. The summed E-state index contributed by atoms with van der Waals surface area (Å²) in [7, 11) is 1.96. The van der Waals surface area contributed by atoms with Gasteiger partial charge in [0.15, 0.2) is 0 Å². The number of unbranched alkanes of at least 4 members (excludes halogenated alkanes) is 1. The summed E-state index contributed by atoms with van der Waals surface area (Å²) in [6, 6.07) is 5.69. The second-order valence-corrected chi connectivity index (χ2v) is 4.91. The Kier molecular flexibility index (Phi) is 6.36. The fourth-order valence-corrected chi connectivity index (χ4v) is 1.95. The SMILES string of the molecule is CCCCN(C)CC(=O)Nc1ccc(CC)c(N)c1. The zero-order valence-electron chi connectivity index (χ0n) is 12.2. The number of nitrogens with two attached hydrogens (primary N) is 1. The van der Waals surface area contributed by atoms with Gasteiger partial charge in [0.25, 0.3) is 0 Å². The lowest BCUT2D eigenvalue weighted by Gasteiger charge is -2.16. The maximum Gasteiger partial charge on any atom is 0.238 e. The summed E-state index contributed by atoms with van der Waals surface area (Å²) in [5.74, 6) is 0.00208. The number of anilines is 2. The molecule has 0 atom stereocenters. The van der Waals surface area contributed by atoms with Crippen molar-refractivity contribution in [3.8, 4) is 0 Å². The number of carbonyl (C=O) groups is 1. The van der Waals surface area contributed by atoms with Crippen LogP contribution in [0.5, 0.6) is 0 Å². The lowest BCUT2D eigenvalue weighted by Crippen LogP contribution is -2.30. The van der Waals surface area contributed by atoms with Gasteiger partial charge in [-0.2, -0.15) is 0 Å². The zero-order chi connectivity index (χ0) is 14.3. The van der Waals surface area contributed by atoms with Gasteiger partial charge in [-0.1, -0.05) is 26.3 Å². The first kappa shape index (κ1) is 15.5. The summed E-state index contributed by atoms with van der Waals surface area (Å²) in [6.45, 7) is 5.56. The molecule has 0 aliphatic heterocycles. The molecule has 0 saturated heterocycles. The topological polar surface area (TPSA) is 58.4 Å². The van der Waals surface area contributed by atoms with Crippen LogP contribution in [0.2, 0.25) is 0 Å². The van der Waals surface area contributed by atoms with E-state index in [1.165, 1.54) is 0 Å². The van der Waals surface area contributed by atoms with Crippen molar-refractivity contribution in [2.24, 2.45) is 0 Å². The lowest BCUT2D eigenvalue weighted by atomic mass is 10.1. The summed E-state index contributed by atoms with van der Waals surface area (Å²) in [5.41, 5.74) is 8.53. The first-order valence-corrected chi connectivity index (χ1v) is 6.93. The molecule has 106 valence electrons. The van der Waals surface area contributed by atoms with Gasteiger partial charge in [0, 0.05) is 11.4 Å². The molecule has 0 aromatic heterocycles. The molecule has 4 heteroatoms. The Morgan fingerprint density at radius 3 is 2.68 bits per heavy atom. The number of nitrogens with one attached hydrogen (secondary N) is 1. The quantitative estimate of drug-likeness (QED) is 0.743. The summed E-state index contributed by atoms with van der Waals surface area (Å²) in [6.07, 6.45) is 3.16. The van der Waals surface area contributed by atoms with Crippen LogP contribution in [-0.4, -0.2) is 30.9 Å². The minimum Gasteiger partial charge on any atom is -0.398 e. The monoisotopic (exact) mass is 263 g/mol. The highest BCUT2D eigenvalue weighted by atomic mass is 16.2. The van der Waals surface area contributed by atoms with Crippen LogP contribution in [-0.2, 0) is 11.2 Å². The van der Waals surface area contributed by atoms with Crippen LogP contribution in [0.1, 0.15) is 32.3 Å². The van der Waals surface area contributed by atoms with Gasteiger partial charge < -0.3 is 11.1 Å². The third kappa shape index (κ3) is 5.30. The van der Waals surface area contributed by atoms with Crippen LogP contribution in [0.4, 0.5) is 11.4 Å². The third-order valence-electron chi connectivity index (χ3n) is 3.12. The Morgan fingerprint density at radius 2 is 2.11 bits per heavy atom. The van der Waals surface area contributed by atoms with Crippen molar-refractivity contribution in [3.05, 3.63) is 23.8 Å². The van der Waals surface area contributed by atoms with E-state index < -0.39 is 0 Å². The molecule has 0 fully saturated rings. The fraction of sp³-hybridized carbons (Fsp3) is 0.533. The van der Waals surface area contributed by atoms with E-state index in [1.54, 1.807) is 0 Å². The van der Waals surface area contributed by atoms with E-state index in [-0.39, 0.29) is 5.91 Å². The maximum absolute atomic E-state index is 11.9. The second-order valence-electron chi connectivity index (χ2n) is 4.91. The van der Waals surface area contributed by atoms with E-state index in [2.05, 4.69) is 19.2 Å². The number of hydrogen-bond donors (Lipinski definition) is 2. The van der Waals surface area contributed by atoms with Gasteiger partial charge in [-0.15, -0.1) is 0 Å². The summed E-state index contributed by atoms with van der Waals surface area (Å²) < 4.78 is 0. The van der Waals surface area contributed by atoms with E-state index in [0.717, 1.165) is 42.7 Å². The third-order valence-corrected chi connectivity index (χ3v) is 3.12. The molecular formula is C15H25N3O. The molecule has 4 nitrogen and oxygen atoms in total. The first-order chi connectivity index (χ1) is 9.06. The fourth-order valence-electron chi connectivity index (χ4n) is 1.95. The van der Waals surface area contributed by atoms with Crippen molar-refractivity contribution in [2.45, 2.75) is 33.1 Å². The average Bonchev–Trinajstić information content (AvgIpc) is 2.36. The molecule has 1 rings (SSSR count). The standard InChI is InChI=1S/C15H25N3O/c1-4-6-9-18(3)11-15(19)17-13-8-7-12(5-2)14(16)10-13/h7-8,10H,4-6,9,11,16H2,1-3H3,(H,17,19). The van der Waals surface area contributed by atoms with Crippen LogP contribution < -0.4 is 11.1 Å². The molecule has 0 aliphatic rings. The molecule has 0 unspecified atom stereocenters.